The number of hydrogen-bond donors (Lipinski definition) is 1. The van der Waals surface area contributed by atoms with Crippen molar-refractivity contribution in [3.8, 4) is 11.5 Å². The van der Waals surface area contributed by atoms with E-state index >= 15 is 0 Å². The number of carbonyl (C=O) groups excluding carboxylic acids is 1. The van der Waals surface area contributed by atoms with E-state index in [4.69, 9.17) is 17.0 Å². The van der Waals surface area contributed by atoms with Crippen LogP contribution in [0.3, 0.4) is 0 Å². The van der Waals surface area contributed by atoms with Crippen LogP contribution >= 0.6 is 24.0 Å². The second-order valence-corrected chi connectivity index (χ2v) is 7.62. The molecule has 2 aromatic carbocycles. The number of aromatic hydroxyl groups is 1. The molecule has 1 amide bonds. The van der Waals surface area contributed by atoms with Crippen LogP contribution in [-0.2, 0) is 4.79 Å². The standard InChI is InChI=1S/C20H19NO3S2/c1-4-24-17-10-14(6-8-16(17)22)11-18-19(23)21(20(25)26-18)15-7-5-12(2)13(3)9-15/h5-11,22H,4H2,1-3H3. The molecule has 3 rings (SSSR count). The maximum Gasteiger partial charge on any atom is 0.270 e. The Labute approximate surface area is 162 Å². The van der Waals surface area contributed by atoms with E-state index in [9.17, 15) is 9.90 Å². The molecule has 0 aromatic heterocycles. The van der Waals surface area contributed by atoms with Gasteiger partial charge in [0, 0.05) is 0 Å². The predicted octanol–water partition coefficient (Wildman–Crippen LogP) is 4.81. The van der Waals surface area contributed by atoms with E-state index in [-0.39, 0.29) is 11.7 Å². The van der Waals surface area contributed by atoms with Crippen LogP contribution in [0.5, 0.6) is 11.5 Å². The summed E-state index contributed by atoms with van der Waals surface area (Å²) in [5.41, 5.74) is 3.83. The third kappa shape index (κ3) is 3.61. The Morgan fingerprint density at radius 2 is 1.96 bits per heavy atom. The lowest BCUT2D eigenvalue weighted by molar-refractivity contribution is -0.113. The lowest BCUT2D eigenvalue weighted by Gasteiger charge is -2.15. The van der Waals surface area contributed by atoms with Crippen LogP contribution in [-0.4, -0.2) is 21.9 Å². The average molecular weight is 386 g/mol. The first-order valence-electron chi connectivity index (χ1n) is 8.21. The minimum Gasteiger partial charge on any atom is -0.504 e. The molecule has 134 valence electrons. The molecule has 1 heterocycles. The van der Waals surface area contributed by atoms with Crippen molar-refractivity contribution in [1.82, 2.24) is 0 Å². The molecule has 0 bridgehead atoms. The monoisotopic (exact) mass is 385 g/mol. The van der Waals surface area contributed by atoms with Gasteiger partial charge < -0.3 is 9.84 Å². The molecule has 0 aliphatic carbocycles. The van der Waals surface area contributed by atoms with Gasteiger partial charge in [-0.2, -0.15) is 0 Å². The first-order valence-corrected chi connectivity index (χ1v) is 9.44. The molecule has 2 aromatic rings. The third-order valence-electron chi connectivity index (χ3n) is 4.12. The van der Waals surface area contributed by atoms with Gasteiger partial charge in [-0.05, 0) is 67.8 Å². The normalized spacial score (nSPS) is 15.8. The average Bonchev–Trinajstić information content (AvgIpc) is 2.87. The molecule has 6 heteroatoms. The first kappa shape index (κ1) is 18.5. The SMILES string of the molecule is CCOc1cc(C=C2SC(=S)N(c3ccc(C)c(C)c3)C2=O)ccc1O. The summed E-state index contributed by atoms with van der Waals surface area (Å²) in [5.74, 6) is 0.326. The van der Waals surface area contributed by atoms with E-state index in [0.717, 1.165) is 16.8 Å². The molecule has 26 heavy (non-hydrogen) atoms. The fourth-order valence-electron chi connectivity index (χ4n) is 2.60. The number of benzene rings is 2. The maximum atomic E-state index is 12.9. The zero-order valence-electron chi connectivity index (χ0n) is 14.8. The van der Waals surface area contributed by atoms with E-state index in [1.807, 2.05) is 39.0 Å². The minimum absolute atomic E-state index is 0.0756. The molecule has 1 fully saturated rings. The summed E-state index contributed by atoms with van der Waals surface area (Å²) in [6.07, 6.45) is 1.77. The van der Waals surface area contributed by atoms with Crippen molar-refractivity contribution in [2.45, 2.75) is 20.8 Å². The van der Waals surface area contributed by atoms with Gasteiger partial charge in [0.15, 0.2) is 15.8 Å². The van der Waals surface area contributed by atoms with E-state index in [1.165, 1.54) is 17.3 Å². The van der Waals surface area contributed by atoms with Gasteiger partial charge >= 0.3 is 0 Å². The number of hydrogen-bond acceptors (Lipinski definition) is 5. The molecular weight excluding hydrogens is 366 g/mol. The van der Waals surface area contributed by atoms with E-state index < -0.39 is 0 Å². The minimum atomic E-state index is -0.144. The number of aryl methyl sites for hydroxylation is 2. The Morgan fingerprint density at radius 3 is 2.65 bits per heavy atom. The van der Waals surface area contributed by atoms with Crippen LogP contribution in [0.15, 0.2) is 41.3 Å². The number of anilines is 1. The summed E-state index contributed by atoms with van der Waals surface area (Å²) < 4.78 is 5.91. The third-order valence-corrected chi connectivity index (χ3v) is 5.43. The summed E-state index contributed by atoms with van der Waals surface area (Å²) in [6, 6.07) is 10.9. The zero-order valence-corrected chi connectivity index (χ0v) is 16.4. The molecule has 0 radical (unpaired) electrons. The fraction of sp³-hybridized carbons (Fsp3) is 0.200. The van der Waals surface area contributed by atoms with Crippen molar-refractivity contribution in [3.05, 3.63) is 58.0 Å². The first-order chi connectivity index (χ1) is 12.4. The Kier molecular flexibility index (Phi) is 5.34. The lowest BCUT2D eigenvalue weighted by Crippen LogP contribution is -2.27. The van der Waals surface area contributed by atoms with Gasteiger partial charge in [0.2, 0.25) is 0 Å². The fourth-order valence-corrected chi connectivity index (χ4v) is 3.90. The van der Waals surface area contributed by atoms with Crippen molar-refractivity contribution in [2.24, 2.45) is 0 Å². The highest BCUT2D eigenvalue weighted by Crippen LogP contribution is 2.37. The van der Waals surface area contributed by atoms with Crippen molar-refractivity contribution in [1.29, 1.82) is 0 Å². The maximum absolute atomic E-state index is 12.9. The number of rotatable bonds is 4. The highest BCUT2D eigenvalue weighted by atomic mass is 32.2. The van der Waals surface area contributed by atoms with Crippen LogP contribution in [0.2, 0.25) is 0 Å². The van der Waals surface area contributed by atoms with Gasteiger partial charge in [0.1, 0.15) is 0 Å². The topological polar surface area (TPSA) is 49.8 Å². The van der Waals surface area contributed by atoms with Crippen LogP contribution in [0.4, 0.5) is 5.69 Å². The second-order valence-electron chi connectivity index (χ2n) is 5.95. The summed E-state index contributed by atoms with van der Waals surface area (Å²) >= 11 is 6.69. The molecule has 1 aliphatic heterocycles. The van der Waals surface area contributed by atoms with Crippen molar-refractivity contribution in [2.75, 3.05) is 11.5 Å². The number of phenols is 1. The Bertz CT molecular complexity index is 921. The number of nitrogens with zero attached hydrogens (tertiary/aromatic N) is 1. The van der Waals surface area contributed by atoms with Crippen LogP contribution in [0, 0.1) is 13.8 Å². The molecule has 0 saturated carbocycles. The molecule has 1 saturated heterocycles. The predicted molar refractivity (Wildman–Crippen MR) is 111 cm³/mol. The smallest absolute Gasteiger partial charge is 0.270 e. The molecule has 0 atom stereocenters. The number of thioether (sulfide) groups is 1. The molecule has 0 unspecified atom stereocenters. The van der Waals surface area contributed by atoms with Gasteiger partial charge in [-0.25, -0.2) is 0 Å². The number of carbonyl (C=O) groups is 1. The van der Waals surface area contributed by atoms with E-state index in [1.54, 1.807) is 29.2 Å². The Balaban J connectivity index is 1.92. The van der Waals surface area contributed by atoms with Crippen LogP contribution in [0.25, 0.3) is 6.08 Å². The summed E-state index contributed by atoms with van der Waals surface area (Å²) in [6.45, 7) is 6.34. The summed E-state index contributed by atoms with van der Waals surface area (Å²) in [5, 5.41) is 9.81. The molecule has 1 aliphatic rings. The number of ether oxygens (including phenoxy) is 1. The number of amides is 1. The van der Waals surface area contributed by atoms with Gasteiger partial charge in [0.25, 0.3) is 5.91 Å². The molecule has 0 spiro atoms. The van der Waals surface area contributed by atoms with Crippen LogP contribution < -0.4 is 9.64 Å². The summed E-state index contributed by atoms with van der Waals surface area (Å²) in [4.78, 5) is 15.0. The zero-order chi connectivity index (χ0) is 18.8. The Hall–Kier alpha value is -2.31. The number of thiocarbonyl (C=S) groups is 1. The Morgan fingerprint density at radius 1 is 1.19 bits per heavy atom. The second kappa shape index (κ2) is 7.51. The van der Waals surface area contributed by atoms with Crippen molar-refractivity contribution < 1.29 is 14.6 Å². The largest absolute Gasteiger partial charge is 0.504 e. The quantitative estimate of drug-likeness (QED) is 0.604. The van der Waals surface area contributed by atoms with E-state index in [0.29, 0.717) is 21.6 Å². The molecular formula is C20H19NO3S2. The molecule has 4 nitrogen and oxygen atoms in total. The van der Waals surface area contributed by atoms with Crippen molar-refractivity contribution >= 4 is 46.0 Å². The molecule has 1 N–H and O–H groups in total. The highest BCUT2D eigenvalue weighted by Gasteiger charge is 2.33. The van der Waals surface area contributed by atoms with Gasteiger partial charge in [0.05, 0.1) is 17.2 Å². The van der Waals surface area contributed by atoms with Gasteiger partial charge in [-0.1, -0.05) is 36.1 Å². The van der Waals surface area contributed by atoms with Gasteiger partial charge in [-0.3, -0.25) is 9.69 Å². The van der Waals surface area contributed by atoms with E-state index in [2.05, 4.69) is 0 Å². The van der Waals surface area contributed by atoms with Crippen LogP contribution in [0.1, 0.15) is 23.6 Å². The van der Waals surface area contributed by atoms with Crippen molar-refractivity contribution in [3.63, 3.8) is 0 Å². The number of phenolic OH excluding ortho intramolecular Hbond substituents is 1. The lowest BCUT2D eigenvalue weighted by atomic mass is 10.1. The highest BCUT2D eigenvalue weighted by molar-refractivity contribution is 8.27. The summed E-state index contributed by atoms with van der Waals surface area (Å²) in [7, 11) is 0. The van der Waals surface area contributed by atoms with Gasteiger partial charge in [-0.15, -0.1) is 0 Å².